The fourth-order valence-electron chi connectivity index (χ4n) is 2.48. The minimum atomic E-state index is -0.0371. The molecule has 1 aromatic carbocycles. The number of aromatic nitrogens is 4. The van der Waals surface area contributed by atoms with Gasteiger partial charge in [-0.1, -0.05) is 6.07 Å². The molecule has 0 amide bonds. The largest absolute Gasteiger partial charge is 0.392 e. The van der Waals surface area contributed by atoms with Crippen LogP contribution in [-0.2, 0) is 6.61 Å². The fourth-order valence-corrected chi connectivity index (χ4v) is 2.48. The van der Waals surface area contributed by atoms with Crippen LogP contribution in [0.3, 0.4) is 0 Å². The predicted octanol–water partition coefficient (Wildman–Crippen LogP) is 2.82. The lowest BCUT2D eigenvalue weighted by Crippen LogP contribution is -2.03. The highest BCUT2D eigenvalue weighted by Gasteiger charge is 2.08. The summed E-state index contributed by atoms with van der Waals surface area (Å²) in [4.78, 5) is 8.74. The molecule has 0 radical (unpaired) electrons. The van der Waals surface area contributed by atoms with Crippen LogP contribution in [0.15, 0.2) is 36.7 Å². The van der Waals surface area contributed by atoms with Crippen LogP contribution in [0.5, 0.6) is 0 Å². The average Bonchev–Trinajstić information content (AvgIpc) is 2.87. The van der Waals surface area contributed by atoms with Crippen molar-refractivity contribution in [1.29, 1.82) is 0 Å². The Kier molecular flexibility index (Phi) is 4.08. The molecule has 6 nitrogen and oxygen atoms in total. The summed E-state index contributed by atoms with van der Waals surface area (Å²) in [6, 6.07) is 7.99. The molecule has 0 spiro atoms. The van der Waals surface area contributed by atoms with Gasteiger partial charge in [0.1, 0.15) is 0 Å². The van der Waals surface area contributed by atoms with E-state index in [0.717, 1.165) is 16.9 Å². The van der Waals surface area contributed by atoms with E-state index in [0.29, 0.717) is 11.8 Å². The van der Waals surface area contributed by atoms with E-state index < -0.39 is 0 Å². The van der Waals surface area contributed by atoms with Crippen LogP contribution in [0.25, 0.3) is 5.82 Å². The van der Waals surface area contributed by atoms with Gasteiger partial charge in [0.15, 0.2) is 5.82 Å². The van der Waals surface area contributed by atoms with E-state index in [4.69, 9.17) is 0 Å². The number of nitrogens with zero attached hydrogens (tertiary/aromatic N) is 4. The number of benzene rings is 1. The molecule has 0 aliphatic carbocycles. The van der Waals surface area contributed by atoms with Crippen LogP contribution in [0.4, 0.5) is 11.6 Å². The van der Waals surface area contributed by atoms with Crippen molar-refractivity contribution in [2.75, 3.05) is 5.32 Å². The molecule has 6 heteroatoms. The summed E-state index contributed by atoms with van der Waals surface area (Å²) in [5.74, 6) is 1.15. The molecule has 2 aromatic heterocycles. The zero-order valence-corrected chi connectivity index (χ0v) is 13.4. The van der Waals surface area contributed by atoms with Crippen molar-refractivity contribution in [2.45, 2.75) is 27.4 Å². The Morgan fingerprint density at radius 3 is 2.52 bits per heavy atom. The van der Waals surface area contributed by atoms with Gasteiger partial charge in [0.05, 0.1) is 12.3 Å². The number of hydrogen-bond donors (Lipinski definition) is 2. The average molecular weight is 309 g/mol. The molecular weight excluding hydrogens is 290 g/mol. The fraction of sp³-hybridized carbons (Fsp3) is 0.235. The van der Waals surface area contributed by atoms with Crippen molar-refractivity contribution in [3.8, 4) is 5.82 Å². The van der Waals surface area contributed by atoms with Crippen LogP contribution >= 0.6 is 0 Å². The van der Waals surface area contributed by atoms with Crippen molar-refractivity contribution < 1.29 is 5.11 Å². The monoisotopic (exact) mass is 309 g/mol. The highest BCUT2D eigenvalue weighted by Crippen LogP contribution is 2.18. The van der Waals surface area contributed by atoms with Gasteiger partial charge in [-0.25, -0.2) is 9.67 Å². The Morgan fingerprint density at radius 2 is 1.87 bits per heavy atom. The molecule has 0 aliphatic heterocycles. The number of hydrogen-bond acceptors (Lipinski definition) is 5. The molecule has 0 saturated carbocycles. The Balaban J connectivity index is 1.90. The second-order valence-corrected chi connectivity index (χ2v) is 5.58. The Bertz CT molecular complexity index is 821. The summed E-state index contributed by atoms with van der Waals surface area (Å²) in [5.41, 5.74) is 4.88. The molecule has 2 N–H and O–H groups in total. The van der Waals surface area contributed by atoms with Crippen LogP contribution in [0.2, 0.25) is 0 Å². The molecule has 0 bridgehead atoms. The van der Waals surface area contributed by atoms with E-state index in [1.807, 2.05) is 19.1 Å². The first-order valence-corrected chi connectivity index (χ1v) is 7.40. The smallest absolute Gasteiger partial charge is 0.229 e. The standard InChI is InChI=1S/C17H19N5O/c1-11-6-12(2)8-15(7-11)19-17-18-5-4-16(20-17)22-9-14(10-23)13(3)21-22/h4-9,23H,10H2,1-3H3,(H,18,19,20). The second kappa shape index (κ2) is 6.18. The molecule has 23 heavy (non-hydrogen) atoms. The molecule has 0 atom stereocenters. The molecule has 0 saturated heterocycles. The summed E-state index contributed by atoms with van der Waals surface area (Å²) in [7, 11) is 0. The summed E-state index contributed by atoms with van der Waals surface area (Å²) in [6.07, 6.45) is 3.46. The lowest BCUT2D eigenvalue weighted by atomic mass is 10.1. The topological polar surface area (TPSA) is 75.9 Å². The molecule has 2 heterocycles. The number of aliphatic hydroxyl groups excluding tert-OH is 1. The van der Waals surface area contributed by atoms with E-state index in [1.165, 1.54) is 11.1 Å². The van der Waals surface area contributed by atoms with Gasteiger partial charge in [0.25, 0.3) is 0 Å². The van der Waals surface area contributed by atoms with E-state index in [9.17, 15) is 5.11 Å². The van der Waals surface area contributed by atoms with Crippen LogP contribution in [0.1, 0.15) is 22.4 Å². The van der Waals surface area contributed by atoms with Gasteiger partial charge in [-0.3, -0.25) is 0 Å². The van der Waals surface area contributed by atoms with Crippen molar-refractivity contribution >= 4 is 11.6 Å². The van der Waals surface area contributed by atoms with Crippen molar-refractivity contribution in [3.63, 3.8) is 0 Å². The molecular formula is C17H19N5O. The van der Waals surface area contributed by atoms with Gasteiger partial charge >= 0.3 is 0 Å². The number of nitrogens with one attached hydrogen (secondary N) is 1. The van der Waals surface area contributed by atoms with Gasteiger partial charge in [0, 0.05) is 29.7 Å². The SMILES string of the molecule is Cc1cc(C)cc(Nc2nccc(-n3cc(CO)c(C)n3)n2)c1. The Labute approximate surface area is 134 Å². The Hall–Kier alpha value is -2.73. The van der Waals surface area contributed by atoms with Crippen molar-refractivity contribution in [3.05, 3.63) is 59.0 Å². The zero-order chi connectivity index (χ0) is 16.4. The second-order valence-electron chi connectivity index (χ2n) is 5.58. The number of rotatable bonds is 4. The first kappa shape index (κ1) is 15.2. The summed E-state index contributed by atoms with van der Waals surface area (Å²) >= 11 is 0. The van der Waals surface area contributed by atoms with E-state index in [2.05, 4.69) is 40.3 Å². The maximum Gasteiger partial charge on any atom is 0.229 e. The first-order valence-electron chi connectivity index (χ1n) is 7.40. The maximum absolute atomic E-state index is 9.28. The normalized spacial score (nSPS) is 10.8. The molecule has 0 fully saturated rings. The van der Waals surface area contributed by atoms with Gasteiger partial charge in [-0.05, 0) is 44.0 Å². The number of aliphatic hydroxyl groups is 1. The lowest BCUT2D eigenvalue weighted by molar-refractivity contribution is 0.281. The Morgan fingerprint density at radius 1 is 1.13 bits per heavy atom. The van der Waals surface area contributed by atoms with Gasteiger partial charge in [-0.15, -0.1) is 0 Å². The first-order chi connectivity index (χ1) is 11.0. The molecule has 3 aromatic rings. The summed E-state index contributed by atoms with van der Waals surface area (Å²) in [5, 5.41) is 16.9. The maximum atomic E-state index is 9.28. The highest BCUT2D eigenvalue weighted by molar-refractivity contribution is 5.56. The van der Waals surface area contributed by atoms with Gasteiger partial charge in [0.2, 0.25) is 5.95 Å². The number of aryl methyl sites for hydroxylation is 3. The molecule has 0 unspecified atom stereocenters. The number of anilines is 2. The van der Waals surface area contributed by atoms with Gasteiger partial charge in [-0.2, -0.15) is 10.1 Å². The van der Waals surface area contributed by atoms with Crippen LogP contribution in [0, 0.1) is 20.8 Å². The summed E-state index contributed by atoms with van der Waals surface area (Å²) < 4.78 is 1.65. The third-order valence-electron chi connectivity index (χ3n) is 3.52. The quantitative estimate of drug-likeness (QED) is 0.775. The van der Waals surface area contributed by atoms with Crippen LogP contribution in [-0.4, -0.2) is 24.9 Å². The third kappa shape index (κ3) is 3.37. The van der Waals surface area contributed by atoms with E-state index in [1.54, 1.807) is 23.1 Å². The van der Waals surface area contributed by atoms with Crippen molar-refractivity contribution in [2.24, 2.45) is 0 Å². The molecule has 3 rings (SSSR count). The highest BCUT2D eigenvalue weighted by atomic mass is 16.3. The summed E-state index contributed by atoms with van der Waals surface area (Å²) in [6.45, 7) is 5.93. The zero-order valence-electron chi connectivity index (χ0n) is 13.4. The minimum Gasteiger partial charge on any atom is -0.392 e. The molecule has 0 aliphatic rings. The minimum absolute atomic E-state index is 0.0371. The van der Waals surface area contributed by atoms with E-state index >= 15 is 0 Å². The van der Waals surface area contributed by atoms with Gasteiger partial charge < -0.3 is 10.4 Å². The lowest BCUT2D eigenvalue weighted by Gasteiger charge is -2.08. The molecule has 118 valence electrons. The van der Waals surface area contributed by atoms with E-state index in [-0.39, 0.29) is 6.61 Å². The predicted molar refractivity (Wildman–Crippen MR) is 89.0 cm³/mol. The van der Waals surface area contributed by atoms with Crippen LogP contribution < -0.4 is 5.32 Å². The third-order valence-corrected chi connectivity index (χ3v) is 3.52. The van der Waals surface area contributed by atoms with Crippen molar-refractivity contribution in [1.82, 2.24) is 19.7 Å².